The number of sulfone groups is 1. The number of nitrogens with zero attached hydrogens (tertiary/aromatic N) is 2. The minimum absolute atomic E-state index is 0.165. The highest BCUT2D eigenvalue weighted by Crippen LogP contribution is 2.29. The molecule has 1 atom stereocenters. The number of nitrogens with one attached hydrogen (secondary N) is 1. The third-order valence-corrected chi connectivity index (χ3v) is 5.17. The van der Waals surface area contributed by atoms with Crippen LogP contribution in [0.2, 0.25) is 0 Å². The highest BCUT2D eigenvalue weighted by atomic mass is 32.2. The monoisotopic (exact) mass is 443 g/mol. The van der Waals surface area contributed by atoms with E-state index in [9.17, 15) is 18.3 Å². The van der Waals surface area contributed by atoms with Gasteiger partial charge in [-0.3, -0.25) is 4.79 Å². The summed E-state index contributed by atoms with van der Waals surface area (Å²) in [5, 5.41) is 19.4. The summed E-state index contributed by atoms with van der Waals surface area (Å²) in [4.78, 5) is 12.8. The molecule has 31 heavy (non-hydrogen) atoms. The van der Waals surface area contributed by atoms with Gasteiger partial charge in [-0.05, 0) is 55.5 Å². The highest BCUT2D eigenvalue weighted by molar-refractivity contribution is 7.90. The Morgan fingerprint density at radius 2 is 1.81 bits per heavy atom. The summed E-state index contributed by atoms with van der Waals surface area (Å²) in [7, 11) is -3.33. The van der Waals surface area contributed by atoms with Gasteiger partial charge in [0.2, 0.25) is 0 Å². The van der Waals surface area contributed by atoms with Crippen LogP contribution in [0, 0.1) is 0 Å². The fraction of sp³-hybridized carbons (Fsp3) is 0.190. The molecule has 1 unspecified atom stereocenters. The minimum Gasteiger partial charge on any atom is -0.488 e. The summed E-state index contributed by atoms with van der Waals surface area (Å²) in [6.45, 7) is 1.47. The summed E-state index contributed by atoms with van der Waals surface area (Å²) >= 11 is 0. The molecule has 0 aliphatic carbocycles. The average Bonchev–Trinajstić information content (AvgIpc) is 2.74. The first-order chi connectivity index (χ1) is 14.7. The lowest BCUT2D eigenvalue weighted by Gasteiger charge is -2.15. The molecule has 3 rings (SSSR count). The minimum atomic E-state index is -3.33. The first-order valence-corrected chi connectivity index (χ1v) is 11.1. The fourth-order valence-corrected chi connectivity index (χ4v) is 3.18. The molecule has 0 radical (unpaired) electrons. The van der Waals surface area contributed by atoms with E-state index in [-0.39, 0.29) is 22.9 Å². The lowest BCUT2D eigenvalue weighted by molar-refractivity contribution is 0.102. The zero-order valence-corrected chi connectivity index (χ0v) is 17.7. The van der Waals surface area contributed by atoms with Gasteiger partial charge in [-0.15, -0.1) is 5.10 Å². The van der Waals surface area contributed by atoms with Gasteiger partial charge in [-0.1, -0.05) is 0 Å². The Labute approximate surface area is 179 Å². The zero-order valence-electron chi connectivity index (χ0n) is 16.8. The molecule has 1 aromatic heterocycles. The van der Waals surface area contributed by atoms with Gasteiger partial charge in [0.05, 0.1) is 11.5 Å². The second-order valence-corrected chi connectivity index (χ2v) is 8.73. The number of amides is 1. The number of hydrogen-bond donors (Lipinski definition) is 2. The first kappa shape index (κ1) is 22.2. The number of anilines is 1. The fourth-order valence-electron chi connectivity index (χ4n) is 2.55. The van der Waals surface area contributed by atoms with E-state index in [0.717, 1.165) is 6.26 Å². The molecule has 0 bridgehead atoms. The van der Waals surface area contributed by atoms with Crippen molar-refractivity contribution in [3.8, 4) is 17.2 Å². The van der Waals surface area contributed by atoms with Gasteiger partial charge in [0.25, 0.3) is 5.91 Å². The number of aliphatic hydroxyl groups excluding tert-OH is 1. The molecule has 1 amide bonds. The van der Waals surface area contributed by atoms with Crippen molar-refractivity contribution >= 4 is 21.6 Å². The maximum absolute atomic E-state index is 12.7. The first-order valence-electron chi connectivity index (χ1n) is 9.24. The molecule has 162 valence electrons. The van der Waals surface area contributed by atoms with Crippen molar-refractivity contribution < 1.29 is 27.8 Å². The van der Waals surface area contributed by atoms with Crippen LogP contribution in [0.15, 0.2) is 65.7 Å². The zero-order chi connectivity index (χ0) is 22.4. The normalized spacial score (nSPS) is 12.1. The third kappa shape index (κ3) is 6.24. The number of ether oxygens (including phenoxy) is 2. The summed E-state index contributed by atoms with van der Waals surface area (Å²) in [5.41, 5.74) is 0.232. The van der Waals surface area contributed by atoms with Crippen molar-refractivity contribution in [2.75, 3.05) is 18.2 Å². The molecular weight excluding hydrogens is 422 g/mol. The van der Waals surface area contributed by atoms with Crippen molar-refractivity contribution in [3.63, 3.8) is 0 Å². The van der Waals surface area contributed by atoms with E-state index in [1.807, 2.05) is 0 Å². The van der Waals surface area contributed by atoms with E-state index in [1.165, 1.54) is 42.6 Å². The van der Waals surface area contributed by atoms with E-state index in [2.05, 4.69) is 15.5 Å². The van der Waals surface area contributed by atoms with Gasteiger partial charge in [-0.2, -0.15) is 5.10 Å². The number of aromatic nitrogens is 2. The van der Waals surface area contributed by atoms with Gasteiger partial charge >= 0.3 is 0 Å². The number of aliphatic hydroxyl groups is 1. The van der Waals surface area contributed by atoms with Crippen LogP contribution in [0.25, 0.3) is 0 Å². The molecule has 1 heterocycles. The predicted molar refractivity (Wildman–Crippen MR) is 113 cm³/mol. The van der Waals surface area contributed by atoms with Crippen LogP contribution in [0.4, 0.5) is 5.82 Å². The lowest BCUT2D eigenvalue weighted by atomic mass is 10.2. The molecule has 0 spiro atoms. The van der Waals surface area contributed by atoms with Gasteiger partial charge < -0.3 is 19.9 Å². The molecule has 3 aromatic rings. The Hall–Kier alpha value is -3.50. The summed E-state index contributed by atoms with van der Waals surface area (Å²) in [6.07, 6.45) is 2.11. The molecular formula is C21H21N3O6S. The van der Waals surface area contributed by atoms with E-state index in [0.29, 0.717) is 17.2 Å². The largest absolute Gasteiger partial charge is 0.488 e. The molecule has 0 saturated heterocycles. The van der Waals surface area contributed by atoms with Crippen molar-refractivity contribution in [2.24, 2.45) is 0 Å². The summed E-state index contributed by atoms with van der Waals surface area (Å²) in [5.74, 6) is 0.802. The Bertz CT molecular complexity index is 1150. The SMILES string of the molecule is CC(CO)Oc1cc(Oc2ccc(S(C)(=O)=O)cc2)cc(C(=O)Nc2cccnn2)c1. The Morgan fingerprint density at radius 1 is 1.10 bits per heavy atom. The lowest BCUT2D eigenvalue weighted by Crippen LogP contribution is -2.17. The van der Waals surface area contributed by atoms with E-state index in [1.54, 1.807) is 25.1 Å². The number of rotatable bonds is 8. The van der Waals surface area contributed by atoms with Gasteiger partial charge in [0.1, 0.15) is 23.4 Å². The third-order valence-electron chi connectivity index (χ3n) is 4.04. The number of benzene rings is 2. The van der Waals surface area contributed by atoms with Crippen LogP contribution < -0.4 is 14.8 Å². The molecule has 10 heteroatoms. The number of carbonyl (C=O) groups excluding carboxylic acids is 1. The van der Waals surface area contributed by atoms with Crippen molar-refractivity contribution in [1.82, 2.24) is 10.2 Å². The van der Waals surface area contributed by atoms with Crippen LogP contribution in [0.3, 0.4) is 0 Å². The van der Waals surface area contributed by atoms with E-state index >= 15 is 0 Å². The van der Waals surface area contributed by atoms with Crippen LogP contribution in [0.5, 0.6) is 17.2 Å². The second-order valence-electron chi connectivity index (χ2n) is 6.71. The van der Waals surface area contributed by atoms with Crippen LogP contribution in [-0.2, 0) is 9.84 Å². The van der Waals surface area contributed by atoms with E-state index in [4.69, 9.17) is 9.47 Å². The van der Waals surface area contributed by atoms with Gasteiger partial charge in [0, 0.05) is 24.1 Å². The molecule has 0 saturated carbocycles. The molecule has 0 aliphatic rings. The Morgan fingerprint density at radius 3 is 2.42 bits per heavy atom. The van der Waals surface area contributed by atoms with E-state index < -0.39 is 21.8 Å². The Kier molecular flexibility index (Phi) is 6.83. The topological polar surface area (TPSA) is 128 Å². The quantitative estimate of drug-likeness (QED) is 0.544. The maximum atomic E-state index is 12.7. The van der Waals surface area contributed by atoms with Gasteiger partial charge in [0.15, 0.2) is 15.7 Å². The number of carbonyl (C=O) groups is 1. The Balaban J connectivity index is 1.88. The van der Waals surface area contributed by atoms with Crippen molar-refractivity contribution in [1.29, 1.82) is 0 Å². The molecule has 0 fully saturated rings. The highest BCUT2D eigenvalue weighted by Gasteiger charge is 2.14. The average molecular weight is 443 g/mol. The molecule has 2 N–H and O–H groups in total. The maximum Gasteiger partial charge on any atom is 0.257 e. The summed E-state index contributed by atoms with van der Waals surface area (Å²) in [6, 6.07) is 13.7. The second kappa shape index (κ2) is 9.54. The summed E-state index contributed by atoms with van der Waals surface area (Å²) < 4.78 is 34.7. The molecule has 2 aromatic carbocycles. The van der Waals surface area contributed by atoms with Crippen LogP contribution >= 0.6 is 0 Å². The van der Waals surface area contributed by atoms with Crippen molar-refractivity contribution in [2.45, 2.75) is 17.9 Å². The molecule has 9 nitrogen and oxygen atoms in total. The predicted octanol–water partition coefficient (Wildman–Crippen LogP) is 2.68. The standard InChI is InChI=1S/C21H21N3O6S/c1-14(13-25)29-17-10-15(21(26)23-20-4-3-9-22-24-20)11-18(12-17)30-16-5-7-19(8-6-16)31(2,27)28/h3-12,14,25H,13H2,1-2H3,(H,23,24,26). The smallest absolute Gasteiger partial charge is 0.257 e. The number of hydrogen-bond acceptors (Lipinski definition) is 8. The van der Waals surface area contributed by atoms with Gasteiger partial charge in [-0.25, -0.2) is 8.42 Å². The van der Waals surface area contributed by atoms with Crippen molar-refractivity contribution in [3.05, 3.63) is 66.4 Å². The molecule has 0 aliphatic heterocycles. The van der Waals surface area contributed by atoms with Crippen LogP contribution in [-0.4, -0.2) is 48.6 Å². The van der Waals surface area contributed by atoms with Crippen LogP contribution in [0.1, 0.15) is 17.3 Å².